The number of hydrogen-bond acceptors (Lipinski definition) is 2. The molecule has 0 amide bonds. The Morgan fingerprint density at radius 2 is 2.00 bits per heavy atom. The molecule has 2 nitrogen and oxygen atoms in total. The zero-order chi connectivity index (χ0) is 13.3. The van der Waals surface area contributed by atoms with Gasteiger partial charge >= 0.3 is 0 Å². The van der Waals surface area contributed by atoms with Crippen LogP contribution in [0, 0.1) is 19.8 Å². The molecular weight excluding hydrogens is 224 g/mol. The minimum atomic E-state index is -0.721. The summed E-state index contributed by atoms with van der Waals surface area (Å²) in [6.07, 6.45) is 4.25. The van der Waals surface area contributed by atoms with Crippen molar-refractivity contribution in [3.8, 4) is 5.75 Å². The van der Waals surface area contributed by atoms with Crippen molar-refractivity contribution in [2.75, 3.05) is 7.11 Å². The van der Waals surface area contributed by atoms with Crippen molar-refractivity contribution in [1.82, 2.24) is 0 Å². The van der Waals surface area contributed by atoms with Gasteiger partial charge in [-0.05, 0) is 49.8 Å². The molecule has 0 bridgehead atoms. The van der Waals surface area contributed by atoms with Gasteiger partial charge < -0.3 is 9.84 Å². The fourth-order valence-corrected chi connectivity index (χ4v) is 3.35. The molecule has 1 fully saturated rings. The van der Waals surface area contributed by atoms with E-state index >= 15 is 0 Å². The van der Waals surface area contributed by atoms with E-state index in [1.807, 2.05) is 6.07 Å². The van der Waals surface area contributed by atoms with Crippen LogP contribution in [0.2, 0.25) is 0 Å². The maximum Gasteiger partial charge on any atom is 0.125 e. The Morgan fingerprint density at radius 3 is 2.61 bits per heavy atom. The normalized spacial score (nSPS) is 28.2. The minimum absolute atomic E-state index is 0.293. The van der Waals surface area contributed by atoms with Crippen molar-refractivity contribution in [3.63, 3.8) is 0 Å². The summed E-state index contributed by atoms with van der Waals surface area (Å²) in [5.74, 6) is 1.13. The highest BCUT2D eigenvalue weighted by Gasteiger charge is 2.40. The average Bonchev–Trinajstić information content (AvgIpc) is 2.31. The number of aryl methyl sites for hydroxylation is 2. The lowest BCUT2D eigenvalue weighted by Gasteiger charge is -2.40. The Balaban J connectivity index is 2.55. The first kappa shape index (κ1) is 13.4. The first-order chi connectivity index (χ1) is 8.49. The van der Waals surface area contributed by atoms with Crippen LogP contribution in [0.4, 0.5) is 0 Å². The van der Waals surface area contributed by atoms with E-state index in [4.69, 9.17) is 4.74 Å². The maximum absolute atomic E-state index is 11.1. The standard InChI is InChI=1S/C16H24O2/c1-11-9-12(2)15(14(10-11)18-4)16(17)8-6-5-7-13(16)3/h9-10,13,17H,5-8H2,1-4H3. The molecule has 0 saturated heterocycles. The van der Waals surface area contributed by atoms with Gasteiger partial charge in [-0.25, -0.2) is 0 Å². The minimum Gasteiger partial charge on any atom is -0.496 e. The van der Waals surface area contributed by atoms with Gasteiger partial charge in [-0.3, -0.25) is 0 Å². The topological polar surface area (TPSA) is 29.5 Å². The quantitative estimate of drug-likeness (QED) is 0.864. The summed E-state index contributed by atoms with van der Waals surface area (Å²) < 4.78 is 5.51. The van der Waals surface area contributed by atoms with Crippen LogP contribution in [0.25, 0.3) is 0 Å². The molecule has 1 aliphatic rings. The van der Waals surface area contributed by atoms with Crippen molar-refractivity contribution >= 4 is 0 Å². The summed E-state index contributed by atoms with van der Waals surface area (Å²) in [6, 6.07) is 4.17. The van der Waals surface area contributed by atoms with Gasteiger partial charge in [0.25, 0.3) is 0 Å². The highest BCUT2D eigenvalue weighted by Crippen LogP contribution is 2.46. The van der Waals surface area contributed by atoms with E-state index in [-0.39, 0.29) is 0 Å². The van der Waals surface area contributed by atoms with Crippen LogP contribution in [-0.4, -0.2) is 12.2 Å². The van der Waals surface area contributed by atoms with Crippen LogP contribution in [0.15, 0.2) is 12.1 Å². The van der Waals surface area contributed by atoms with E-state index in [9.17, 15) is 5.11 Å². The lowest BCUT2D eigenvalue weighted by atomic mass is 9.71. The van der Waals surface area contributed by atoms with Gasteiger partial charge in [-0.1, -0.05) is 25.8 Å². The maximum atomic E-state index is 11.1. The number of methoxy groups -OCH3 is 1. The molecule has 0 radical (unpaired) electrons. The highest BCUT2D eigenvalue weighted by molar-refractivity contribution is 5.47. The molecule has 0 aliphatic heterocycles. The summed E-state index contributed by atoms with van der Waals surface area (Å²) in [7, 11) is 1.69. The van der Waals surface area contributed by atoms with Gasteiger partial charge in [0.15, 0.2) is 0 Å². The fraction of sp³-hybridized carbons (Fsp3) is 0.625. The predicted octanol–water partition coefficient (Wildman–Crippen LogP) is 3.71. The molecule has 0 heterocycles. The lowest BCUT2D eigenvalue weighted by Crippen LogP contribution is -2.37. The molecule has 0 spiro atoms. The Bertz CT molecular complexity index is 439. The van der Waals surface area contributed by atoms with Gasteiger partial charge in [0, 0.05) is 5.56 Å². The first-order valence-corrected chi connectivity index (χ1v) is 6.87. The molecule has 18 heavy (non-hydrogen) atoms. The Kier molecular flexibility index (Phi) is 3.67. The number of hydrogen-bond donors (Lipinski definition) is 1. The second-order valence-corrected chi connectivity index (χ2v) is 5.73. The number of rotatable bonds is 2. The SMILES string of the molecule is COc1cc(C)cc(C)c1C1(O)CCCCC1C. The van der Waals surface area contributed by atoms with Gasteiger partial charge in [-0.15, -0.1) is 0 Å². The van der Waals surface area contributed by atoms with Crippen LogP contribution >= 0.6 is 0 Å². The smallest absolute Gasteiger partial charge is 0.125 e. The van der Waals surface area contributed by atoms with Crippen molar-refractivity contribution in [2.45, 2.75) is 52.1 Å². The van der Waals surface area contributed by atoms with Gasteiger partial charge in [0.2, 0.25) is 0 Å². The molecular formula is C16H24O2. The molecule has 2 unspecified atom stereocenters. The van der Waals surface area contributed by atoms with Gasteiger partial charge in [0.05, 0.1) is 12.7 Å². The monoisotopic (exact) mass is 248 g/mol. The van der Waals surface area contributed by atoms with E-state index in [0.29, 0.717) is 5.92 Å². The van der Waals surface area contributed by atoms with Crippen molar-refractivity contribution < 1.29 is 9.84 Å². The second kappa shape index (κ2) is 4.93. The van der Waals surface area contributed by atoms with E-state index in [2.05, 4.69) is 26.8 Å². The molecule has 1 aromatic rings. The molecule has 1 N–H and O–H groups in total. The lowest BCUT2D eigenvalue weighted by molar-refractivity contribution is -0.0490. The van der Waals surface area contributed by atoms with Crippen molar-refractivity contribution in [3.05, 3.63) is 28.8 Å². The summed E-state index contributed by atoms with van der Waals surface area (Å²) in [5.41, 5.74) is 2.60. The average molecular weight is 248 g/mol. The predicted molar refractivity (Wildman–Crippen MR) is 74.0 cm³/mol. The van der Waals surface area contributed by atoms with Crippen molar-refractivity contribution in [1.29, 1.82) is 0 Å². The van der Waals surface area contributed by atoms with Gasteiger partial charge in [0.1, 0.15) is 5.75 Å². The summed E-state index contributed by atoms with van der Waals surface area (Å²) >= 11 is 0. The number of benzene rings is 1. The van der Waals surface area contributed by atoms with E-state index < -0.39 is 5.60 Å². The zero-order valence-corrected chi connectivity index (χ0v) is 11.9. The van der Waals surface area contributed by atoms with Crippen LogP contribution < -0.4 is 4.74 Å². The third-order valence-electron chi connectivity index (χ3n) is 4.36. The van der Waals surface area contributed by atoms with E-state index in [1.165, 1.54) is 12.0 Å². The van der Waals surface area contributed by atoms with E-state index in [0.717, 1.165) is 36.1 Å². The van der Waals surface area contributed by atoms with Crippen LogP contribution in [0.3, 0.4) is 0 Å². The Morgan fingerprint density at radius 1 is 1.28 bits per heavy atom. The molecule has 100 valence electrons. The number of aliphatic hydroxyl groups is 1. The largest absolute Gasteiger partial charge is 0.496 e. The zero-order valence-electron chi connectivity index (χ0n) is 11.9. The van der Waals surface area contributed by atoms with Crippen molar-refractivity contribution in [2.24, 2.45) is 5.92 Å². The van der Waals surface area contributed by atoms with Crippen LogP contribution in [0.1, 0.15) is 49.3 Å². The molecule has 2 heteroatoms. The summed E-state index contributed by atoms with van der Waals surface area (Å²) in [4.78, 5) is 0. The van der Waals surface area contributed by atoms with Crippen LogP contribution in [-0.2, 0) is 5.60 Å². The molecule has 1 aromatic carbocycles. The van der Waals surface area contributed by atoms with Gasteiger partial charge in [-0.2, -0.15) is 0 Å². The molecule has 1 saturated carbocycles. The first-order valence-electron chi connectivity index (χ1n) is 6.87. The molecule has 2 rings (SSSR count). The molecule has 2 atom stereocenters. The number of ether oxygens (including phenoxy) is 1. The van der Waals surface area contributed by atoms with E-state index in [1.54, 1.807) is 7.11 Å². The summed E-state index contributed by atoms with van der Waals surface area (Å²) in [6.45, 7) is 6.29. The summed E-state index contributed by atoms with van der Waals surface area (Å²) in [5, 5.41) is 11.1. The fourth-order valence-electron chi connectivity index (χ4n) is 3.35. The third-order valence-corrected chi connectivity index (χ3v) is 4.36. The molecule has 0 aromatic heterocycles. The Labute approximate surface area is 110 Å². The second-order valence-electron chi connectivity index (χ2n) is 5.73. The Hall–Kier alpha value is -1.02. The highest BCUT2D eigenvalue weighted by atomic mass is 16.5. The third kappa shape index (κ3) is 2.14. The van der Waals surface area contributed by atoms with Crippen LogP contribution in [0.5, 0.6) is 5.75 Å². The molecule has 1 aliphatic carbocycles.